The molecule has 0 amide bonds. The van der Waals surface area contributed by atoms with E-state index in [2.05, 4.69) is 53.1 Å². The molecule has 0 radical (unpaired) electrons. The molecule has 1 saturated carbocycles. The largest absolute Gasteiger partial charge is 0.465 e. The van der Waals surface area contributed by atoms with Crippen molar-refractivity contribution in [3.8, 4) is 0 Å². The third kappa shape index (κ3) is 3.05. The molecule has 5 heteroatoms. The Balaban J connectivity index is 1.71. The predicted octanol–water partition coefficient (Wildman–Crippen LogP) is 5.02. The third-order valence-corrected chi connectivity index (χ3v) is 4.91. The van der Waals surface area contributed by atoms with Gasteiger partial charge in [-0.25, -0.2) is 9.78 Å². The fourth-order valence-corrected chi connectivity index (χ4v) is 3.30. The van der Waals surface area contributed by atoms with Gasteiger partial charge in [0.15, 0.2) is 0 Å². The number of fused-ring (bicyclic) bond motifs is 1. The van der Waals surface area contributed by atoms with Gasteiger partial charge in [-0.3, -0.25) is 0 Å². The second kappa shape index (κ2) is 6.48. The normalized spacial score (nSPS) is 14.0. The fraction of sp³-hybridized carbons (Fsp3) is 0.333. The van der Waals surface area contributed by atoms with Crippen LogP contribution in [0.15, 0.2) is 42.7 Å². The van der Waals surface area contributed by atoms with Crippen molar-refractivity contribution >= 4 is 28.4 Å². The van der Waals surface area contributed by atoms with Gasteiger partial charge in [0.05, 0.1) is 12.6 Å². The van der Waals surface area contributed by atoms with Crippen LogP contribution in [0.4, 0.5) is 11.5 Å². The van der Waals surface area contributed by atoms with Gasteiger partial charge in [-0.15, -0.1) is 0 Å². The maximum atomic E-state index is 12.2. The molecular weight excluding hydrogens is 326 g/mol. The van der Waals surface area contributed by atoms with Crippen LogP contribution in [0.25, 0.3) is 10.9 Å². The van der Waals surface area contributed by atoms with Crippen LogP contribution in [0.1, 0.15) is 54.6 Å². The average Bonchev–Trinajstić information content (AvgIpc) is 3.40. The van der Waals surface area contributed by atoms with Gasteiger partial charge < -0.3 is 14.6 Å². The maximum absolute atomic E-state index is 12.2. The molecular formula is C21H23N3O2. The molecule has 4 rings (SSSR count). The highest BCUT2D eigenvalue weighted by Gasteiger charge is 2.26. The van der Waals surface area contributed by atoms with Crippen LogP contribution in [-0.2, 0) is 4.74 Å². The second-order valence-corrected chi connectivity index (χ2v) is 7.15. The topological polar surface area (TPSA) is 56.1 Å². The molecule has 0 atom stereocenters. The van der Waals surface area contributed by atoms with E-state index in [9.17, 15) is 4.79 Å². The minimum absolute atomic E-state index is 0.367. The first-order valence-corrected chi connectivity index (χ1v) is 9.02. The number of pyridine rings is 1. The van der Waals surface area contributed by atoms with Crippen molar-refractivity contribution in [2.75, 3.05) is 12.4 Å². The van der Waals surface area contributed by atoms with Crippen LogP contribution < -0.4 is 5.32 Å². The number of rotatable bonds is 5. The average molecular weight is 349 g/mol. The van der Waals surface area contributed by atoms with E-state index in [4.69, 9.17) is 4.74 Å². The molecule has 2 aromatic heterocycles. The van der Waals surface area contributed by atoms with Gasteiger partial charge in [0.2, 0.25) is 0 Å². The number of hydrogen-bond donors (Lipinski definition) is 1. The lowest BCUT2D eigenvalue weighted by Crippen LogP contribution is -2.08. The first kappa shape index (κ1) is 16.6. The van der Waals surface area contributed by atoms with Crippen molar-refractivity contribution in [3.63, 3.8) is 0 Å². The number of benzene rings is 1. The first-order valence-electron chi connectivity index (χ1n) is 9.02. The fourth-order valence-electron chi connectivity index (χ4n) is 3.30. The smallest absolute Gasteiger partial charge is 0.341 e. The Morgan fingerprint density at radius 1 is 1.27 bits per heavy atom. The van der Waals surface area contributed by atoms with Crippen LogP contribution >= 0.6 is 0 Å². The van der Waals surface area contributed by atoms with Crippen LogP contribution in [0.5, 0.6) is 0 Å². The van der Waals surface area contributed by atoms with Crippen molar-refractivity contribution in [1.29, 1.82) is 0 Å². The summed E-state index contributed by atoms with van der Waals surface area (Å²) >= 11 is 0. The van der Waals surface area contributed by atoms with E-state index in [-0.39, 0.29) is 5.97 Å². The summed E-state index contributed by atoms with van der Waals surface area (Å²) in [4.78, 5) is 16.7. The standard InChI is InChI=1S/C21H23N3O2/c1-13(2)24-9-8-15-6-7-17(11-19(15)24)23-20-18(21(25)26-3)10-16(12-22-20)14-4-5-14/h6-14H,4-5H2,1-3H3,(H,22,23). The number of esters is 1. The molecule has 0 spiro atoms. The Labute approximate surface area is 153 Å². The van der Waals surface area contributed by atoms with E-state index in [1.165, 1.54) is 12.5 Å². The van der Waals surface area contributed by atoms with Crippen molar-refractivity contribution in [2.45, 2.75) is 38.6 Å². The van der Waals surface area contributed by atoms with Gasteiger partial charge in [0.1, 0.15) is 11.4 Å². The Morgan fingerprint density at radius 3 is 2.77 bits per heavy atom. The molecule has 26 heavy (non-hydrogen) atoms. The molecule has 2 heterocycles. The van der Waals surface area contributed by atoms with Gasteiger partial charge in [0.25, 0.3) is 0 Å². The Bertz CT molecular complexity index is 971. The highest BCUT2D eigenvalue weighted by Crippen LogP contribution is 2.40. The predicted molar refractivity (Wildman–Crippen MR) is 103 cm³/mol. The number of nitrogens with one attached hydrogen (secondary N) is 1. The number of nitrogens with zero attached hydrogens (tertiary/aromatic N) is 2. The lowest BCUT2D eigenvalue weighted by Gasteiger charge is -2.13. The van der Waals surface area contributed by atoms with Crippen molar-refractivity contribution < 1.29 is 9.53 Å². The van der Waals surface area contributed by atoms with Crippen LogP contribution in [0.3, 0.4) is 0 Å². The number of anilines is 2. The lowest BCUT2D eigenvalue weighted by atomic mass is 10.1. The molecule has 1 N–H and O–H groups in total. The molecule has 1 aliphatic rings. The Kier molecular flexibility index (Phi) is 4.15. The van der Waals surface area contributed by atoms with E-state index in [1.807, 2.05) is 18.3 Å². The van der Waals surface area contributed by atoms with Crippen LogP contribution in [0, 0.1) is 0 Å². The molecule has 0 aliphatic heterocycles. The zero-order valence-electron chi connectivity index (χ0n) is 15.3. The van der Waals surface area contributed by atoms with E-state index >= 15 is 0 Å². The monoisotopic (exact) mass is 349 g/mol. The summed E-state index contributed by atoms with van der Waals surface area (Å²) in [5.41, 5.74) is 3.64. The highest BCUT2D eigenvalue weighted by atomic mass is 16.5. The molecule has 1 aromatic carbocycles. The summed E-state index contributed by atoms with van der Waals surface area (Å²) in [5.74, 6) is 0.697. The number of methoxy groups -OCH3 is 1. The van der Waals surface area contributed by atoms with Crippen molar-refractivity contribution in [3.05, 3.63) is 53.9 Å². The molecule has 134 valence electrons. The first-order chi connectivity index (χ1) is 12.6. The van der Waals surface area contributed by atoms with Gasteiger partial charge in [-0.1, -0.05) is 6.07 Å². The van der Waals surface area contributed by atoms with E-state index in [1.54, 1.807) is 0 Å². The van der Waals surface area contributed by atoms with E-state index < -0.39 is 0 Å². The number of carbonyl (C=O) groups excluding carboxylic acids is 1. The summed E-state index contributed by atoms with van der Waals surface area (Å²) in [6.45, 7) is 4.32. The van der Waals surface area contributed by atoms with E-state index in [0.717, 1.165) is 29.6 Å². The second-order valence-electron chi connectivity index (χ2n) is 7.15. The zero-order chi connectivity index (χ0) is 18.3. The van der Waals surface area contributed by atoms with Crippen molar-refractivity contribution in [2.24, 2.45) is 0 Å². The van der Waals surface area contributed by atoms with Crippen LogP contribution in [0.2, 0.25) is 0 Å². The summed E-state index contributed by atoms with van der Waals surface area (Å²) in [7, 11) is 1.40. The molecule has 0 bridgehead atoms. The quantitative estimate of drug-likeness (QED) is 0.657. The van der Waals surface area contributed by atoms with Gasteiger partial charge >= 0.3 is 5.97 Å². The molecule has 0 unspecified atom stereocenters. The molecule has 0 saturated heterocycles. The Hall–Kier alpha value is -2.82. The molecule has 1 fully saturated rings. The zero-order valence-corrected chi connectivity index (χ0v) is 15.3. The van der Waals surface area contributed by atoms with Crippen LogP contribution in [-0.4, -0.2) is 22.6 Å². The van der Waals surface area contributed by atoms with Gasteiger partial charge in [0, 0.05) is 24.1 Å². The minimum atomic E-state index is -0.367. The SMILES string of the molecule is COC(=O)c1cc(C2CC2)cnc1Nc1ccc2ccn(C(C)C)c2c1. The number of carbonyl (C=O) groups is 1. The summed E-state index contributed by atoms with van der Waals surface area (Å²) < 4.78 is 7.18. The molecule has 3 aromatic rings. The minimum Gasteiger partial charge on any atom is -0.465 e. The highest BCUT2D eigenvalue weighted by molar-refractivity contribution is 5.96. The lowest BCUT2D eigenvalue weighted by molar-refractivity contribution is 0.0601. The maximum Gasteiger partial charge on any atom is 0.341 e. The molecule has 1 aliphatic carbocycles. The summed E-state index contributed by atoms with van der Waals surface area (Å²) in [6, 6.07) is 10.6. The Morgan fingerprint density at radius 2 is 2.08 bits per heavy atom. The summed E-state index contributed by atoms with van der Waals surface area (Å²) in [5, 5.41) is 4.49. The number of ether oxygens (including phenoxy) is 1. The van der Waals surface area contributed by atoms with Crippen molar-refractivity contribution in [1.82, 2.24) is 9.55 Å². The van der Waals surface area contributed by atoms with E-state index in [0.29, 0.717) is 23.3 Å². The third-order valence-electron chi connectivity index (χ3n) is 4.91. The molecule has 5 nitrogen and oxygen atoms in total. The van der Waals surface area contributed by atoms with Gasteiger partial charge in [-0.2, -0.15) is 0 Å². The number of aromatic nitrogens is 2. The van der Waals surface area contributed by atoms with Gasteiger partial charge in [-0.05, 0) is 67.8 Å². The summed E-state index contributed by atoms with van der Waals surface area (Å²) in [6.07, 6.45) is 6.29. The number of hydrogen-bond acceptors (Lipinski definition) is 4.